The summed E-state index contributed by atoms with van der Waals surface area (Å²) >= 11 is 2.05. The summed E-state index contributed by atoms with van der Waals surface area (Å²) < 4.78 is 10.8. The summed E-state index contributed by atoms with van der Waals surface area (Å²) in [5.74, 6) is 0.0233. The molecule has 0 atom stereocenters. The number of hydrazone groups is 1. The zero-order valence-corrected chi connectivity index (χ0v) is 13.4. The van der Waals surface area contributed by atoms with Gasteiger partial charge in [-0.2, -0.15) is 5.10 Å². The number of hydrogen-bond donors (Lipinski definition) is 1. The van der Waals surface area contributed by atoms with Crippen LogP contribution < -0.4 is 10.2 Å². The lowest BCUT2D eigenvalue weighted by molar-refractivity contribution is -0.402. The quantitative estimate of drug-likeness (QED) is 0.350. The van der Waals surface area contributed by atoms with Crippen molar-refractivity contribution >= 4 is 40.6 Å². The molecule has 1 aromatic heterocycles. The maximum atomic E-state index is 11.9. The summed E-state index contributed by atoms with van der Waals surface area (Å²) in [5.41, 5.74) is 2.72. The number of halogens is 1. The highest BCUT2D eigenvalue weighted by atomic mass is 127. The normalized spacial score (nSPS) is 10.6. The van der Waals surface area contributed by atoms with Gasteiger partial charge in [-0.25, -0.2) is 5.43 Å². The van der Waals surface area contributed by atoms with E-state index in [4.69, 9.17) is 9.15 Å². The van der Waals surface area contributed by atoms with Crippen molar-refractivity contribution in [3.8, 4) is 5.75 Å². The molecule has 0 saturated carbocycles. The van der Waals surface area contributed by atoms with Crippen molar-refractivity contribution < 1.29 is 18.9 Å². The van der Waals surface area contributed by atoms with E-state index in [1.807, 2.05) is 0 Å². The summed E-state index contributed by atoms with van der Waals surface area (Å²) in [4.78, 5) is 21.7. The highest BCUT2D eigenvalue weighted by Gasteiger charge is 2.11. The number of carbonyl (C=O) groups is 1. The van der Waals surface area contributed by atoms with Crippen LogP contribution in [0.3, 0.4) is 0 Å². The fraction of sp³-hybridized carbons (Fsp3) is 0.0769. The fourth-order valence-electron chi connectivity index (χ4n) is 1.54. The number of furan rings is 1. The summed E-state index contributed by atoms with van der Waals surface area (Å²) in [5, 5.41) is 14.1. The van der Waals surface area contributed by atoms with E-state index in [0.717, 1.165) is 3.57 Å². The van der Waals surface area contributed by atoms with Crippen LogP contribution in [0.4, 0.5) is 5.88 Å². The Bertz CT molecular complexity index is 741. The Morgan fingerprint density at radius 3 is 2.82 bits per heavy atom. The van der Waals surface area contributed by atoms with E-state index in [9.17, 15) is 14.9 Å². The van der Waals surface area contributed by atoms with Crippen LogP contribution in [0.5, 0.6) is 5.75 Å². The molecule has 2 rings (SSSR count). The number of amides is 1. The van der Waals surface area contributed by atoms with Crippen LogP contribution in [-0.4, -0.2) is 24.2 Å². The number of nitrogens with zero attached hydrogens (tertiary/aromatic N) is 2. The van der Waals surface area contributed by atoms with Gasteiger partial charge in [-0.3, -0.25) is 14.9 Å². The SMILES string of the molecule is COc1ccc(C(=O)N/N=C\c2ccc([N+](=O)[O-])o2)cc1I. The number of nitrogens with one attached hydrogen (secondary N) is 1. The second-order valence-electron chi connectivity index (χ2n) is 3.98. The Labute approximate surface area is 138 Å². The third kappa shape index (κ3) is 3.81. The van der Waals surface area contributed by atoms with Crippen molar-refractivity contribution in [2.45, 2.75) is 0 Å². The van der Waals surface area contributed by atoms with Gasteiger partial charge in [0.2, 0.25) is 0 Å². The molecule has 114 valence electrons. The third-order valence-electron chi connectivity index (χ3n) is 2.56. The second kappa shape index (κ2) is 7.02. The molecule has 9 heteroatoms. The Kier molecular flexibility index (Phi) is 5.09. The average Bonchev–Trinajstić information content (AvgIpc) is 2.96. The van der Waals surface area contributed by atoms with Crippen LogP contribution in [0, 0.1) is 13.7 Å². The van der Waals surface area contributed by atoms with Crippen molar-refractivity contribution in [1.29, 1.82) is 0 Å². The molecule has 0 spiro atoms. The number of hydrogen-bond acceptors (Lipinski definition) is 6. The predicted octanol–water partition coefficient (Wildman–Crippen LogP) is 2.56. The minimum Gasteiger partial charge on any atom is -0.496 e. The molecule has 0 saturated heterocycles. The molecule has 22 heavy (non-hydrogen) atoms. The standard InChI is InChI=1S/C13H10IN3O5/c1-21-11-4-2-8(6-10(11)14)13(18)16-15-7-9-3-5-12(22-9)17(19)20/h2-7H,1H3,(H,16,18)/b15-7-. The van der Waals surface area contributed by atoms with E-state index >= 15 is 0 Å². The van der Waals surface area contributed by atoms with Gasteiger partial charge < -0.3 is 9.15 Å². The van der Waals surface area contributed by atoms with Gasteiger partial charge in [0, 0.05) is 5.56 Å². The topological polar surface area (TPSA) is 107 Å². The first kappa shape index (κ1) is 15.9. The third-order valence-corrected chi connectivity index (χ3v) is 3.41. The zero-order chi connectivity index (χ0) is 16.1. The molecule has 0 aliphatic rings. The zero-order valence-electron chi connectivity index (χ0n) is 11.3. The van der Waals surface area contributed by atoms with E-state index in [1.54, 1.807) is 25.3 Å². The molecule has 0 radical (unpaired) electrons. The van der Waals surface area contributed by atoms with Crippen molar-refractivity contribution in [3.63, 3.8) is 0 Å². The summed E-state index contributed by atoms with van der Waals surface area (Å²) in [6.07, 6.45) is 1.18. The minimum absolute atomic E-state index is 0.163. The number of methoxy groups -OCH3 is 1. The maximum absolute atomic E-state index is 11.9. The van der Waals surface area contributed by atoms with Crippen molar-refractivity contribution in [2.75, 3.05) is 7.11 Å². The molecule has 0 unspecified atom stereocenters. The molecule has 8 nitrogen and oxygen atoms in total. The average molecular weight is 415 g/mol. The van der Waals surface area contributed by atoms with E-state index in [-0.39, 0.29) is 5.76 Å². The smallest absolute Gasteiger partial charge is 0.433 e. The van der Waals surface area contributed by atoms with Gasteiger partial charge in [0.1, 0.15) is 10.7 Å². The monoisotopic (exact) mass is 415 g/mol. The van der Waals surface area contributed by atoms with Crippen LogP contribution in [-0.2, 0) is 0 Å². The lowest BCUT2D eigenvalue weighted by Crippen LogP contribution is -2.17. The largest absolute Gasteiger partial charge is 0.496 e. The molecule has 1 heterocycles. The fourth-order valence-corrected chi connectivity index (χ4v) is 2.27. The van der Waals surface area contributed by atoms with Gasteiger partial charge in [0.05, 0.1) is 23.0 Å². The van der Waals surface area contributed by atoms with Crippen molar-refractivity contribution in [3.05, 3.63) is 55.3 Å². The highest BCUT2D eigenvalue weighted by Crippen LogP contribution is 2.21. The number of nitro groups is 1. The first-order valence-electron chi connectivity index (χ1n) is 5.92. The molecule has 2 aromatic rings. The number of benzene rings is 1. The molecule has 1 aromatic carbocycles. The molecule has 0 bridgehead atoms. The highest BCUT2D eigenvalue weighted by molar-refractivity contribution is 14.1. The van der Waals surface area contributed by atoms with E-state index in [0.29, 0.717) is 11.3 Å². The lowest BCUT2D eigenvalue weighted by Gasteiger charge is -2.05. The number of rotatable bonds is 5. The Balaban J connectivity index is 2.01. The van der Waals surface area contributed by atoms with Crippen LogP contribution in [0.1, 0.15) is 16.1 Å². The van der Waals surface area contributed by atoms with E-state index < -0.39 is 16.7 Å². The Morgan fingerprint density at radius 2 is 2.23 bits per heavy atom. The molecule has 1 N–H and O–H groups in total. The van der Waals surface area contributed by atoms with Crippen LogP contribution in [0.25, 0.3) is 0 Å². The molecule has 0 aliphatic heterocycles. The van der Waals surface area contributed by atoms with E-state index in [2.05, 4.69) is 33.1 Å². The Hall–Kier alpha value is -2.43. The number of carbonyl (C=O) groups excluding carboxylic acids is 1. The Morgan fingerprint density at radius 1 is 1.45 bits per heavy atom. The van der Waals surface area contributed by atoms with Crippen LogP contribution in [0.2, 0.25) is 0 Å². The van der Waals surface area contributed by atoms with Crippen molar-refractivity contribution in [1.82, 2.24) is 5.43 Å². The second-order valence-corrected chi connectivity index (χ2v) is 5.14. The van der Waals surface area contributed by atoms with Gasteiger partial charge in [-0.1, -0.05) is 0 Å². The molecular formula is C13H10IN3O5. The summed E-state index contributed by atoms with van der Waals surface area (Å²) in [6.45, 7) is 0. The van der Waals surface area contributed by atoms with Crippen LogP contribution >= 0.6 is 22.6 Å². The van der Waals surface area contributed by atoms with Gasteiger partial charge in [0.15, 0.2) is 5.76 Å². The molecule has 0 aliphatic carbocycles. The summed E-state index contributed by atoms with van der Waals surface area (Å²) in [6, 6.07) is 7.51. The first-order chi connectivity index (χ1) is 10.5. The lowest BCUT2D eigenvalue weighted by atomic mass is 10.2. The molecule has 0 fully saturated rings. The van der Waals surface area contributed by atoms with Gasteiger partial charge in [0.25, 0.3) is 5.91 Å². The summed E-state index contributed by atoms with van der Waals surface area (Å²) in [7, 11) is 1.55. The minimum atomic E-state index is -0.658. The first-order valence-corrected chi connectivity index (χ1v) is 7.00. The molecule has 1 amide bonds. The predicted molar refractivity (Wildman–Crippen MR) is 86.1 cm³/mol. The number of ether oxygens (including phenoxy) is 1. The maximum Gasteiger partial charge on any atom is 0.433 e. The van der Waals surface area contributed by atoms with Gasteiger partial charge in [-0.05, 0) is 46.9 Å². The van der Waals surface area contributed by atoms with Crippen molar-refractivity contribution in [2.24, 2.45) is 5.10 Å². The van der Waals surface area contributed by atoms with Gasteiger partial charge >= 0.3 is 5.88 Å². The van der Waals surface area contributed by atoms with Gasteiger partial charge in [-0.15, -0.1) is 0 Å². The van der Waals surface area contributed by atoms with Crippen LogP contribution in [0.15, 0.2) is 39.9 Å². The van der Waals surface area contributed by atoms with E-state index in [1.165, 1.54) is 18.3 Å². The molecular weight excluding hydrogens is 405 g/mol.